The van der Waals surface area contributed by atoms with Crippen LogP contribution in [0.3, 0.4) is 0 Å². The molecule has 0 aliphatic carbocycles. The minimum Gasteiger partial charge on any atom is -0.480 e. The SMILES string of the molecule is CCC(C)C(NC(=O)NCCOCCC(C)C)C(=O)O. The second-order valence-corrected chi connectivity index (χ2v) is 5.40. The van der Waals surface area contributed by atoms with Gasteiger partial charge in [0.2, 0.25) is 0 Å². The summed E-state index contributed by atoms with van der Waals surface area (Å²) in [6.45, 7) is 9.41. The minimum absolute atomic E-state index is 0.111. The Morgan fingerprint density at radius 2 is 1.85 bits per heavy atom. The average molecular weight is 288 g/mol. The third-order valence-corrected chi connectivity index (χ3v) is 3.14. The van der Waals surface area contributed by atoms with Crippen LogP contribution in [0.15, 0.2) is 0 Å². The van der Waals surface area contributed by atoms with Gasteiger partial charge >= 0.3 is 12.0 Å². The number of urea groups is 1. The molecular weight excluding hydrogens is 260 g/mol. The number of amides is 2. The van der Waals surface area contributed by atoms with Crippen LogP contribution in [-0.4, -0.2) is 42.9 Å². The van der Waals surface area contributed by atoms with Crippen LogP contribution < -0.4 is 10.6 Å². The quantitative estimate of drug-likeness (QED) is 0.535. The first kappa shape index (κ1) is 18.7. The highest BCUT2D eigenvalue weighted by Crippen LogP contribution is 2.07. The molecule has 0 spiro atoms. The Morgan fingerprint density at radius 1 is 1.20 bits per heavy atom. The summed E-state index contributed by atoms with van der Waals surface area (Å²) in [5, 5.41) is 14.1. The zero-order valence-corrected chi connectivity index (χ0v) is 12.9. The lowest BCUT2D eigenvalue weighted by Crippen LogP contribution is -2.49. The van der Waals surface area contributed by atoms with Crippen LogP contribution in [-0.2, 0) is 9.53 Å². The van der Waals surface area contributed by atoms with Gasteiger partial charge in [0.05, 0.1) is 6.61 Å². The molecule has 0 aromatic heterocycles. The van der Waals surface area contributed by atoms with Crippen molar-refractivity contribution in [1.29, 1.82) is 0 Å². The number of carbonyl (C=O) groups is 2. The fraction of sp³-hybridized carbons (Fsp3) is 0.857. The van der Waals surface area contributed by atoms with Gasteiger partial charge in [-0.1, -0.05) is 34.1 Å². The summed E-state index contributed by atoms with van der Waals surface area (Å²) in [6, 6.07) is -1.33. The van der Waals surface area contributed by atoms with Gasteiger partial charge in [0.1, 0.15) is 6.04 Å². The Morgan fingerprint density at radius 3 is 2.35 bits per heavy atom. The van der Waals surface area contributed by atoms with E-state index < -0.39 is 18.0 Å². The second kappa shape index (κ2) is 10.5. The lowest BCUT2D eigenvalue weighted by atomic mass is 9.99. The molecular formula is C14H28N2O4. The summed E-state index contributed by atoms with van der Waals surface area (Å²) in [6.07, 6.45) is 1.68. The lowest BCUT2D eigenvalue weighted by molar-refractivity contribution is -0.140. The molecule has 20 heavy (non-hydrogen) atoms. The fourth-order valence-corrected chi connectivity index (χ4v) is 1.53. The van der Waals surface area contributed by atoms with Crippen LogP contribution in [0.2, 0.25) is 0 Å². The Labute approximate surface area is 121 Å². The third kappa shape index (κ3) is 8.74. The third-order valence-electron chi connectivity index (χ3n) is 3.14. The number of carbonyl (C=O) groups excluding carboxylic acids is 1. The number of aliphatic carboxylic acids is 1. The highest BCUT2D eigenvalue weighted by molar-refractivity contribution is 5.82. The minimum atomic E-state index is -1.01. The van der Waals surface area contributed by atoms with Gasteiger partial charge in [-0.25, -0.2) is 9.59 Å². The number of hydrogen-bond acceptors (Lipinski definition) is 3. The van der Waals surface area contributed by atoms with Crippen molar-refractivity contribution in [3.8, 4) is 0 Å². The molecule has 118 valence electrons. The molecule has 0 rings (SSSR count). The van der Waals surface area contributed by atoms with Gasteiger partial charge in [-0.05, 0) is 18.3 Å². The first-order valence-electron chi connectivity index (χ1n) is 7.23. The smallest absolute Gasteiger partial charge is 0.326 e. The maximum absolute atomic E-state index is 11.6. The summed E-state index contributed by atoms with van der Waals surface area (Å²) in [5.74, 6) is -0.527. The molecule has 0 radical (unpaired) electrons. The molecule has 0 heterocycles. The van der Waals surface area contributed by atoms with Crippen LogP contribution in [0, 0.1) is 11.8 Å². The highest BCUT2D eigenvalue weighted by atomic mass is 16.5. The van der Waals surface area contributed by atoms with Crippen LogP contribution >= 0.6 is 0 Å². The molecule has 0 saturated heterocycles. The summed E-state index contributed by atoms with van der Waals surface area (Å²) in [5.41, 5.74) is 0. The van der Waals surface area contributed by atoms with Gasteiger partial charge in [-0.3, -0.25) is 0 Å². The second-order valence-electron chi connectivity index (χ2n) is 5.40. The van der Waals surface area contributed by atoms with Crippen LogP contribution in [0.5, 0.6) is 0 Å². The molecule has 2 atom stereocenters. The predicted octanol–water partition coefficient (Wildman–Crippen LogP) is 1.85. The summed E-state index contributed by atoms with van der Waals surface area (Å²) in [7, 11) is 0. The van der Waals surface area contributed by atoms with Crippen molar-refractivity contribution >= 4 is 12.0 Å². The van der Waals surface area contributed by atoms with E-state index in [0.29, 0.717) is 32.1 Å². The lowest BCUT2D eigenvalue weighted by Gasteiger charge is -2.20. The molecule has 0 saturated carbocycles. The van der Waals surface area contributed by atoms with E-state index in [1.54, 1.807) is 6.92 Å². The fourth-order valence-electron chi connectivity index (χ4n) is 1.53. The molecule has 2 amide bonds. The van der Waals surface area contributed by atoms with E-state index in [-0.39, 0.29) is 5.92 Å². The van der Waals surface area contributed by atoms with E-state index in [4.69, 9.17) is 9.84 Å². The van der Waals surface area contributed by atoms with E-state index in [1.807, 2.05) is 6.92 Å². The van der Waals surface area contributed by atoms with Crippen molar-refractivity contribution in [2.75, 3.05) is 19.8 Å². The number of ether oxygens (including phenoxy) is 1. The molecule has 0 aliphatic rings. The van der Waals surface area contributed by atoms with Gasteiger partial charge in [0.25, 0.3) is 0 Å². The zero-order valence-electron chi connectivity index (χ0n) is 12.9. The van der Waals surface area contributed by atoms with Crippen LogP contribution in [0.25, 0.3) is 0 Å². The van der Waals surface area contributed by atoms with E-state index in [0.717, 1.165) is 6.42 Å². The van der Waals surface area contributed by atoms with Crippen molar-refractivity contribution in [2.24, 2.45) is 11.8 Å². The van der Waals surface area contributed by atoms with Crippen molar-refractivity contribution < 1.29 is 19.4 Å². The first-order valence-corrected chi connectivity index (χ1v) is 7.23. The molecule has 0 aromatic rings. The van der Waals surface area contributed by atoms with Crippen LogP contribution in [0.4, 0.5) is 4.79 Å². The normalized spacial score (nSPS) is 13.8. The van der Waals surface area contributed by atoms with E-state index in [9.17, 15) is 9.59 Å². The van der Waals surface area contributed by atoms with Crippen molar-refractivity contribution in [3.05, 3.63) is 0 Å². The van der Waals surface area contributed by atoms with Gasteiger partial charge in [0.15, 0.2) is 0 Å². The first-order chi connectivity index (χ1) is 9.38. The number of rotatable bonds is 10. The largest absolute Gasteiger partial charge is 0.480 e. The Kier molecular flexibility index (Phi) is 9.80. The molecule has 0 fully saturated rings. The molecule has 0 aromatic carbocycles. The van der Waals surface area contributed by atoms with E-state index >= 15 is 0 Å². The molecule has 2 unspecified atom stereocenters. The van der Waals surface area contributed by atoms with Gasteiger partial charge in [-0.15, -0.1) is 0 Å². The molecule has 0 bridgehead atoms. The molecule has 6 nitrogen and oxygen atoms in total. The highest BCUT2D eigenvalue weighted by Gasteiger charge is 2.24. The van der Waals surface area contributed by atoms with Crippen molar-refractivity contribution in [2.45, 2.75) is 46.6 Å². The van der Waals surface area contributed by atoms with Crippen molar-refractivity contribution in [1.82, 2.24) is 10.6 Å². The van der Waals surface area contributed by atoms with E-state index in [1.165, 1.54) is 0 Å². The topological polar surface area (TPSA) is 87.7 Å². The summed E-state index contributed by atoms with van der Waals surface area (Å²) < 4.78 is 5.36. The number of nitrogens with one attached hydrogen (secondary N) is 2. The number of hydrogen-bond donors (Lipinski definition) is 3. The molecule has 3 N–H and O–H groups in total. The average Bonchev–Trinajstić information content (AvgIpc) is 2.38. The maximum Gasteiger partial charge on any atom is 0.326 e. The summed E-state index contributed by atoms with van der Waals surface area (Å²) >= 11 is 0. The van der Waals surface area contributed by atoms with E-state index in [2.05, 4.69) is 24.5 Å². The predicted molar refractivity (Wildman–Crippen MR) is 77.7 cm³/mol. The zero-order chi connectivity index (χ0) is 15.5. The maximum atomic E-state index is 11.6. The standard InChI is InChI=1S/C14H28N2O4/c1-5-11(4)12(13(17)18)16-14(19)15-7-9-20-8-6-10(2)3/h10-12H,5-9H2,1-4H3,(H,17,18)(H2,15,16,19). The van der Waals surface area contributed by atoms with Gasteiger partial charge < -0.3 is 20.5 Å². The Bertz CT molecular complexity index is 295. The van der Waals surface area contributed by atoms with Gasteiger partial charge in [-0.2, -0.15) is 0 Å². The van der Waals surface area contributed by atoms with Crippen molar-refractivity contribution in [3.63, 3.8) is 0 Å². The Hall–Kier alpha value is -1.30. The molecule has 0 aliphatic heterocycles. The van der Waals surface area contributed by atoms with Gasteiger partial charge in [0, 0.05) is 13.2 Å². The number of carboxylic acids is 1. The number of carboxylic acid groups (broad SMARTS) is 1. The monoisotopic (exact) mass is 288 g/mol. The molecule has 6 heteroatoms. The van der Waals surface area contributed by atoms with Crippen LogP contribution in [0.1, 0.15) is 40.5 Å². The summed E-state index contributed by atoms with van der Waals surface area (Å²) in [4.78, 5) is 22.6. The Balaban J connectivity index is 3.83.